The van der Waals surface area contributed by atoms with Crippen LogP contribution in [0.2, 0.25) is 0 Å². The number of benzene rings is 1. The van der Waals surface area contributed by atoms with E-state index in [1.54, 1.807) is 21.1 Å². The molecule has 1 N–H and O–H groups in total. The van der Waals surface area contributed by atoms with Gasteiger partial charge in [-0.25, -0.2) is 0 Å². The van der Waals surface area contributed by atoms with Crippen molar-refractivity contribution in [1.82, 2.24) is 4.90 Å². The SMILES string of the molecule is CCN(CCOC)Cc1cc(C(C)O)ccc1OC. The van der Waals surface area contributed by atoms with Gasteiger partial charge in [-0.3, -0.25) is 4.90 Å². The van der Waals surface area contributed by atoms with Crippen molar-refractivity contribution in [2.24, 2.45) is 0 Å². The number of hydrogen-bond acceptors (Lipinski definition) is 4. The molecule has 0 amide bonds. The first-order valence-electron chi connectivity index (χ1n) is 6.68. The summed E-state index contributed by atoms with van der Waals surface area (Å²) in [4.78, 5) is 2.28. The van der Waals surface area contributed by atoms with Gasteiger partial charge in [0.05, 0.1) is 19.8 Å². The summed E-state index contributed by atoms with van der Waals surface area (Å²) in [5.74, 6) is 0.861. The summed E-state index contributed by atoms with van der Waals surface area (Å²) in [5.41, 5.74) is 2.01. The third-order valence-electron chi connectivity index (χ3n) is 3.24. The lowest BCUT2D eigenvalue weighted by Gasteiger charge is -2.22. The predicted molar refractivity (Wildman–Crippen MR) is 76.5 cm³/mol. The normalized spacial score (nSPS) is 12.7. The average molecular weight is 267 g/mol. The summed E-state index contributed by atoms with van der Waals surface area (Å²) >= 11 is 0. The number of aliphatic hydroxyl groups is 1. The maximum atomic E-state index is 9.67. The molecule has 0 saturated carbocycles. The highest BCUT2D eigenvalue weighted by Crippen LogP contribution is 2.24. The minimum atomic E-state index is -0.460. The zero-order valence-electron chi connectivity index (χ0n) is 12.3. The van der Waals surface area contributed by atoms with Gasteiger partial charge in [0.2, 0.25) is 0 Å². The second-order valence-corrected chi connectivity index (χ2v) is 4.61. The highest BCUT2D eigenvalue weighted by Gasteiger charge is 2.11. The van der Waals surface area contributed by atoms with Gasteiger partial charge in [-0.05, 0) is 31.2 Å². The molecular weight excluding hydrogens is 242 g/mol. The molecule has 0 bridgehead atoms. The second kappa shape index (κ2) is 8.15. The molecule has 19 heavy (non-hydrogen) atoms. The molecule has 0 spiro atoms. The van der Waals surface area contributed by atoms with Gasteiger partial charge < -0.3 is 14.6 Å². The van der Waals surface area contributed by atoms with Gasteiger partial charge in [-0.15, -0.1) is 0 Å². The number of aliphatic hydroxyl groups excluding tert-OH is 1. The topological polar surface area (TPSA) is 41.9 Å². The van der Waals surface area contributed by atoms with E-state index in [1.807, 2.05) is 18.2 Å². The van der Waals surface area contributed by atoms with Gasteiger partial charge in [-0.2, -0.15) is 0 Å². The van der Waals surface area contributed by atoms with Crippen LogP contribution in [0.25, 0.3) is 0 Å². The molecule has 0 aromatic heterocycles. The minimum absolute atomic E-state index is 0.460. The van der Waals surface area contributed by atoms with Crippen molar-refractivity contribution >= 4 is 0 Å². The van der Waals surface area contributed by atoms with E-state index >= 15 is 0 Å². The smallest absolute Gasteiger partial charge is 0.123 e. The van der Waals surface area contributed by atoms with Crippen LogP contribution in [0.3, 0.4) is 0 Å². The maximum Gasteiger partial charge on any atom is 0.123 e. The maximum absolute atomic E-state index is 9.67. The predicted octanol–water partition coefficient (Wildman–Crippen LogP) is 2.22. The molecule has 0 radical (unpaired) electrons. The standard InChI is InChI=1S/C15H25NO3/c1-5-16(8-9-18-3)11-14-10-13(12(2)17)6-7-15(14)19-4/h6-7,10,12,17H,5,8-9,11H2,1-4H3. The Hall–Kier alpha value is -1.10. The molecule has 1 aromatic rings. The average Bonchev–Trinajstić information content (AvgIpc) is 2.43. The van der Waals surface area contributed by atoms with Crippen molar-refractivity contribution in [3.05, 3.63) is 29.3 Å². The summed E-state index contributed by atoms with van der Waals surface area (Å²) in [6.45, 7) is 7.24. The lowest BCUT2D eigenvalue weighted by Crippen LogP contribution is -2.27. The monoisotopic (exact) mass is 267 g/mol. The Morgan fingerprint density at radius 2 is 2.05 bits per heavy atom. The third-order valence-corrected chi connectivity index (χ3v) is 3.24. The fourth-order valence-electron chi connectivity index (χ4n) is 1.99. The zero-order chi connectivity index (χ0) is 14.3. The summed E-state index contributed by atoms with van der Waals surface area (Å²) in [6, 6.07) is 5.83. The highest BCUT2D eigenvalue weighted by atomic mass is 16.5. The van der Waals surface area contributed by atoms with Gasteiger partial charge in [0.25, 0.3) is 0 Å². The van der Waals surface area contributed by atoms with E-state index in [9.17, 15) is 5.11 Å². The van der Waals surface area contributed by atoms with E-state index in [0.29, 0.717) is 6.61 Å². The second-order valence-electron chi connectivity index (χ2n) is 4.61. The Bertz CT molecular complexity index is 380. The lowest BCUT2D eigenvalue weighted by atomic mass is 10.1. The molecule has 0 aliphatic rings. The van der Waals surface area contributed by atoms with E-state index in [1.165, 1.54) is 0 Å². The van der Waals surface area contributed by atoms with Crippen molar-refractivity contribution in [3.8, 4) is 5.75 Å². The van der Waals surface area contributed by atoms with Gasteiger partial charge in [-0.1, -0.05) is 13.0 Å². The van der Waals surface area contributed by atoms with Crippen molar-refractivity contribution < 1.29 is 14.6 Å². The van der Waals surface area contributed by atoms with Crippen LogP contribution in [0.4, 0.5) is 0 Å². The Morgan fingerprint density at radius 3 is 2.58 bits per heavy atom. The quantitative estimate of drug-likeness (QED) is 0.784. The first-order chi connectivity index (χ1) is 9.12. The van der Waals surface area contributed by atoms with Crippen molar-refractivity contribution in [1.29, 1.82) is 0 Å². The van der Waals surface area contributed by atoms with Crippen molar-refractivity contribution in [2.45, 2.75) is 26.5 Å². The molecule has 1 unspecified atom stereocenters. The van der Waals surface area contributed by atoms with Crippen LogP contribution >= 0.6 is 0 Å². The van der Waals surface area contributed by atoms with Gasteiger partial charge in [0.15, 0.2) is 0 Å². The molecule has 4 nitrogen and oxygen atoms in total. The number of methoxy groups -OCH3 is 2. The van der Waals surface area contributed by atoms with Crippen LogP contribution in [-0.4, -0.2) is 43.9 Å². The number of likely N-dealkylation sites (N-methyl/N-ethyl adjacent to an activating group) is 1. The van der Waals surface area contributed by atoms with Crippen LogP contribution in [0.15, 0.2) is 18.2 Å². The van der Waals surface area contributed by atoms with E-state index in [-0.39, 0.29) is 0 Å². The van der Waals surface area contributed by atoms with E-state index < -0.39 is 6.10 Å². The molecule has 0 aliphatic carbocycles. The van der Waals surface area contributed by atoms with Crippen LogP contribution in [0.1, 0.15) is 31.1 Å². The van der Waals surface area contributed by atoms with Crippen LogP contribution in [0, 0.1) is 0 Å². The molecule has 0 saturated heterocycles. The molecule has 1 atom stereocenters. The van der Waals surface area contributed by atoms with E-state index in [2.05, 4.69) is 11.8 Å². The Morgan fingerprint density at radius 1 is 1.32 bits per heavy atom. The van der Waals surface area contributed by atoms with E-state index in [0.717, 1.165) is 36.5 Å². The Kier molecular flexibility index (Phi) is 6.84. The van der Waals surface area contributed by atoms with Gasteiger partial charge in [0.1, 0.15) is 5.75 Å². The fraction of sp³-hybridized carbons (Fsp3) is 0.600. The molecule has 0 heterocycles. The Labute approximate surface area is 115 Å². The van der Waals surface area contributed by atoms with Crippen molar-refractivity contribution in [2.75, 3.05) is 33.9 Å². The third kappa shape index (κ3) is 4.82. The first-order valence-corrected chi connectivity index (χ1v) is 6.68. The molecule has 0 fully saturated rings. The Balaban J connectivity index is 2.86. The van der Waals surface area contributed by atoms with Gasteiger partial charge >= 0.3 is 0 Å². The molecule has 1 aromatic carbocycles. The highest BCUT2D eigenvalue weighted by molar-refractivity contribution is 5.38. The number of ether oxygens (including phenoxy) is 2. The molecule has 4 heteroatoms. The van der Waals surface area contributed by atoms with Gasteiger partial charge in [0, 0.05) is 25.8 Å². The lowest BCUT2D eigenvalue weighted by molar-refractivity contribution is 0.146. The fourth-order valence-corrected chi connectivity index (χ4v) is 1.99. The van der Waals surface area contributed by atoms with Crippen LogP contribution < -0.4 is 4.74 Å². The largest absolute Gasteiger partial charge is 0.496 e. The van der Waals surface area contributed by atoms with Crippen LogP contribution in [0.5, 0.6) is 5.75 Å². The van der Waals surface area contributed by atoms with Crippen molar-refractivity contribution in [3.63, 3.8) is 0 Å². The number of rotatable bonds is 8. The number of hydrogen-bond donors (Lipinski definition) is 1. The molecule has 0 aliphatic heterocycles. The molecule has 1 rings (SSSR count). The summed E-state index contributed by atoms with van der Waals surface area (Å²) in [7, 11) is 3.38. The van der Waals surface area contributed by atoms with Crippen LogP contribution in [-0.2, 0) is 11.3 Å². The summed E-state index contributed by atoms with van der Waals surface area (Å²) in [6.07, 6.45) is -0.460. The molecule has 108 valence electrons. The number of nitrogens with zero attached hydrogens (tertiary/aromatic N) is 1. The zero-order valence-corrected chi connectivity index (χ0v) is 12.3. The summed E-state index contributed by atoms with van der Waals surface area (Å²) in [5, 5.41) is 9.67. The summed E-state index contributed by atoms with van der Waals surface area (Å²) < 4.78 is 10.5. The van der Waals surface area contributed by atoms with E-state index in [4.69, 9.17) is 9.47 Å². The molecular formula is C15H25NO3. The first kappa shape index (κ1) is 16.0. The minimum Gasteiger partial charge on any atom is -0.496 e.